The molecule has 6 nitrogen and oxygen atoms in total. The van der Waals surface area contributed by atoms with Crippen LogP contribution in [-0.2, 0) is 10.0 Å². The Bertz CT molecular complexity index is 1140. The van der Waals surface area contributed by atoms with Gasteiger partial charge in [-0.2, -0.15) is 0 Å². The molecule has 0 amide bonds. The number of hydrogen-bond acceptors (Lipinski definition) is 5. The van der Waals surface area contributed by atoms with Gasteiger partial charge in [0.15, 0.2) is 11.5 Å². The van der Waals surface area contributed by atoms with Crippen LogP contribution in [0.2, 0.25) is 0 Å². The number of sulfonamides is 1. The van der Waals surface area contributed by atoms with Gasteiger partial charge in [-0.15, -0.1) is 0 Å². The highest BCUT2D eigenvalue weighted by atomic mass is 32.2. The topological polar surface area (TPSA) is 73.9 Å². The molecule has 0 fully saturated rings. The Balaban J connectivity index is 1.67. The van der Waals surface area contributed by atoms with Gasteiger partial charge in [0.25, 0.3) is 10.0 Å². The van der Waals surface area contributed by atoms with E-state index in [1.165, 1.54) is 0 Å². The van der Waals surface area contributed by atoms with E-state index in [0.29, 0.717) is 17.2 Å². The molecule has 0 aliphatic carbocycles. The summed E-state index contributed by atoms with van der Waals surface area (Å²) in [7, 11) is -0.538. The number of rotatable bonds is 6. The Morgan fingerprint density at radius 2 is 1.63 bits per heavy atom. The summed E-state index contributed by atoms with van der Waals surface area (Å²) in [5.41, 5.74) is 2.33. The van der Waals surface area contributed by atoms with Gasteiger partial charge in [0.2, 0.25) is 0 Å². The third kappa shape index (κ3) is 3.68. The number of anilines is 1. The highest BCUT2D eigenvalue weighted by Crippen LogP contribution is 2.51. The molecule has 1 aliphatic rings. The highest BCUT2D eigenvalue weighted by Gasteiger charge is 2.35. The largest absolute Gasteiger partial charge is 0.497 e. The first kappa shape index (κ1) is 20.1. The molecule has 0 saturated heterocycles. The third-order valence-electron chi connectivity index (χ3n) is 5.24. The van der Waals surface area contributed by atoms with Crippen LogP contribution < -0.4 is 18.9 Å². The summed E-state index contributed by atoms with van der Waals surface area (Å²) in [5.74, 6) is 1.90. The number of ether oxygens (including phenoxy) is 3. The van der Waals surface area contributed by atoms with E-state index < -0.39 is 10.0 Å². The Hall–Kier alpha value is -3.19. The van der Waals surface area contributed by atoms with Crippen molar-refractivity contribution in [3.8, 4) is 17.2 Å². The van der Waals surface area contributed by atoms with Gasteiger partial charge in [0, 0.05) is 17.5 Å². The maximum Gasteiger partial charge on any atom is 0.261 e. The van der Waals surface area contributed by atoms with Crippen molar-refractivity contribution >= 4 is 15.7 Å². The standard InChI is InChI=1S/C23H23NO5S/c1-15-20-13-17(24-30(25,26)19-7-5-4-6-8-19)14-21(28-3)23(20)29-22(15)16-9-11-18(27-2)12-10-16/h4-15,22,24H,1-3H3/t15-,22-/m0/s1. The normalized spacial score (nSPS) is 17.7. The SMILES string of the molecule is COc1ccc([C@H]2Oc3c(OC)cc(NS(=O)(=O)c4ccccc4)cc3[C@@H]2C)cc1. The number of fused-ring (bicyclic) bond motifs is 1. The van der Waals surface area contributed by atoms with Crippen molar-refractivity contribution < 1.29 is 22.6 Å². The first-order chi connectivity index (χ1) is 14.4. The molecular weight excluding hydrogens is 402 g/mol. The molecule has 7 heteroatoms. The van der Waals surface area contributed by atoms with E-state index in [9.17, 15) is 8.42 Å². The predicted molar refractivity (Wildman–Crippen MR) is 115 cm³/mol. The fourth-order valence-corrected chi connectivity index (χ4v) is 4.72. The Morgan fingerprint density at radius 1 is 0.933 bits per heavy atom. The lowest BCUT2D eigenvalue weighted by Gasteiger charge is -2.16. The summed E-state index contributed by atoms with van der Waals surface area (Å²) in [6, 6.07) is 19.4. The molecule has 0 unspecified atom stereocenters. The molecule has 30 heavy (non-hydrogen) atoms. The van der Waals surface area contributed by atoms with E-state index in [0.717, 1.165) is 16.9 Å². The lowest BCUT2D eigenvalue weighted by Crippen LogP contribution is -2.13. The van der Waals surface area contributed by atoms with Crippen LogP contribution in [0.5, 0.6) is 17.2 Å². The number of nitrogens with one attached hydrogen (secondary N) is 1. The molecule has 0 radical (unpaired) electrons. The first-order valence-electron chi connectivity index (χ1n) is 9.53. The lowest BCUT2D eigenvalue weighted by molar-refractivity contribution is 0.208. The Labute approximate surface area is 176 Å². The van der Waals surface area contributed by atoms with Crippen LogP contribution in [-0.4, -0.2) is 22.6 Å². The van der Waals surface area contributed by atoms with E-state index in [4.69, 9.17) is 14.2 Å². The zero-order valence-electron chi connectivity index (χ0n) is 17.0. The molecule has 4 rings (SSSR count). The number of hydrogen-bond donors (Lipinski definition) is 1. The molecule has 1 heterocycles. The molecule has 3 aromatic rings. The average Bonchev–Trinajstić information content (AvgIpc) is 3.10. The van der Waals surface area contributed by atoms with Crippen LogP contribution in [0.25, 0.3) is 0 Å². The highest BCUT2D eigenvalue weighted by molar-refractivity contribution is 7.92. The fraction of sp³-hybridized carbons (Fsp3) is 0.217. The van der Waals surface area contributed by atoms with Crippen molar-refractivity contribution in [1.82, 2.24) is 0 Å². The maximum absolute atomic E-state index is 12.7. The van der Waals surface area contributed by atoms with E-state index >= 15 is 0 Å². The molecule has 156 valence electrons. The minimum absolute atomic E-state index is 0.00322. The fourth-order valence-electron chi connectivity index (χ4n) is 3.65. The van der Waals surface area contributed by atoms with Crippen molar-refractivity contribution in [3.63, 3.8) is 0 Å². The summed E-state index contributed by atoms with van der Waals surface area (Å²) in [5, 5.41) is 0. The van der Waals surface area contributed by atoms with Crippen LogP contribution in [0.3, 0.4) is 0 Å². The monoisotopic (exact) mass is 425 g/mol. The summed E-state index contributed by atoms with van der Waals surface area (Å²) in [6.45, 7) is 2.05. The second kappa shape index (κ2) is 7.91. The summed E-state index contributed by atoms with van der Waals surface area (Å²) in [6.07, 6.45) is -0.208. The molecule has 1 N–H and O–H groups in total. The van der Waals surface area contributed by atoms with Gasteiger partial charge in [-0.3, -0.25) is 4.72 Å². The summed E-state index contributed by atoms with van der Waals surface area (Å²) < 4.78 is 45.1. The molecule has 0 bridgehead atoms. The van der Waals surface area contributed by atoms with Crippen LogP contribution in [0.15, 0.2) is 71.6 Å². The van der Waals surface area contributed by atoms with Crippen LogP contribution in [0.4, 0.5) is 5.69 Å². The van der Waals surface area contributed by atoms with Crippen molar-refractivity contribution in [2.45, 2.75) is 23.8 Å². The van der Waals surface area contributed by atoms with E-state index in [1.54, 1.807) is 50.6 Å². The molecule has 0 saturated carbocycles. The van der Waals surface area contributed by atoms with Crippen molar-refractivity contribution in [2.24, 2.45) is 0 Å². The van der Waals surface area contributed by atoms with Gasteiger partial charge in [-0.1, -0.05) is 37.3 Å². The zero-order valence-corrected chi connectivity index (χ0v) is 17.8. The Kier molecular flexibility index (Phi) is 5.30. The number of benzene rings is 3. The molecular formula is C23H23NO5S. The minimum Gasteiger partial charge on any atom is -0.497 e. The molecule has 1 aliphatic heterocycles. The third-order valence-corrected chi connectivity index (χ3v) is 6.64. The van der Waals surface area contributed by atoms with Crippen LogP contribution in [0.1, 0.15) is 30.1 Å². The summed E-state index contributed by atoms with van der Waals surface area (Å²) in [4.78, 5) is 0.199. The predicted octanol–water partition coefficient (Wildman–Crippen LogP) is 4.74. The van der Waals surface area contributed by atoms with Crippen LogP contribution >= 0.6 is 0 Å². The van der Waals surface area contributed by atoms with Gasteiger partial charge < -0.3 is 14.2 Å². The zero-order chi connectivity index (χ0) is 21.3. The quantitative estimate of drug-likeness (QED) is 0.617. The van der Waals surface area contributed by atoms with Crippen LogP contribution in [0, 0.1) is 0 Å². The van der Waals surface area contributed by atoms with Gasteiger partial charge in [-0.05, 0) is 35.9 Å². The number of methoxy groups -OCH3 is 2. The second-order valence-electron chi connectivity index (χ2n) is 7.12. The van der Waals surface area contributed by atoms with Gasteiger partial charge in [0.05, 0.1) is 24.8 Å². The van der Waals surface area contributed by atoms with E-state index in [-0.39, 0.29) is 16.9 Å². The van der Waals surface area contributed by atoms with Crippen molar-refractivity contribution in [1.29, 1.82) is 0 Å². The second-order valence-corrected chi connectivity index (χ2v) is 8.80. The molecule has 0 aromatic heterocycles. The van der Waals surface area contributed by atoms with E-state index in [1.807, 2.05) is 30.3 Å². The molecule has 0 spiro atoms. The first-order valence-corrected chi connectivity index (χ1v) is 11.0. The van der Waals surface area contributed by atoms with Crippen molar-refractivity contribution in [2.75, 3.05) is 18.9 Å². The Morgan fingerprint density at radius 3 is 2.27 bits per heavy atom. The smallest absolute Gasteiger partial charge is 0.261 e. The maximum atomic E-state index is 12.7. The summed E-state index contributed by atoms with van der Waals surface area (Å²) >= 11 is 0. The molecule has 3 aromatic carbocycles. The average molecular weight is 426 g/mol. The minimum atomic E-state index is -3.71. The molecule has 2 atom stereocenters. The van der Waals surface area contributed by atoms with Gasteiger partial charge >= 0.3 is 0 Å². The van der Waals surface area contributed by atoms with E-state index in [2.05, 4.69) is 11.6 Å². The van der Waals surface area contributed by atoms with Gasteiger partial charge in [-0.25, -0.2) is 8.42 Å². The lowest BCUT2D eigenvalue weighted by atomic mass is 9.92. The van der Waals surface area contributed by atoms with Gasteiger partial charge in [0.1, 0.15) is 11.9 Å². The van der Waals surface area contributed by atoms with Crippen molar-refractivity contribution in [3.05, 3.63) is 77.9 Å².